The zero-order valence-corrected chi connectivity index (χ0v) is 10.5. The van der Waals surface area contributed by atoms with Crippen molar-refractivity contribution in [1.82, 2.24) is 14.7 Å². The number of aryl methyl sites for hydroxylation is 1. The van der Waals surface area contributed by atoms with Crippen LogP contribution in [0.2, 0.25) is 0 Å². The van der Waals surface area contributed by atoms with E-state index in [4.69, 9.17) is 9.26 Å². The van der Waals surface area contributed by atoms with Gasteiger partial charge in [0.15, 0.2) is 0 Å². The fourth-order valence-corrected chi connectivity index (χ4v) is 1.77. The van der Waals surface area contributed by atoms with Crippen LogP contribution in [0.1, 0.15) is 5.82 Å². The van der Waals surface area contributed by atoms with E-state index < -0.39 is 0 Å². The number of hydrogen-bond acceptors (Lipinski definition) is 4. The lowest BCUT2D eigenvalue weighted by molar-refractivity contribution is 0.292. The summed E-state index contributed by atoms with van der Waals surface area (Å²) in [6.45, 7) is 0.451. The van der Waals surface area contributed by atoms with Crippen LogP contribution in [-0.2, 0) is 13.7 Å². The van der Waals surface area contributed by atoms with Crippen LogP contribution >= 0.6 is 0 Å². The molecule has 1 aromatic carbocycles. The normalized spacial score (nSPS) is 10.6. The third-order valence-electron chi connectivity index (χ3n) is 2.88. The Morgan fingerprint density at radius 3 is 2.68 bits per heavy atom. The van der Waals surface area contributed by atoms with Crippen LogP contribution in [0.25, 0.3) is 11.3 Å². The summed E-state index contributed by atoms with van der Waals surface area (Å²) < 4.78 is 12.4. The molecule has 0 amide bonds. The second kappa shape index (κ2) is 4.97. The van der Waals surface area contributed by atoms with Crippen LogP contribution in [0.15, 0.2) is 53.5 Å². The molecule has 19 heavy (non-hydrogen) atoms. The van der Waals surface area contributed by atoms with Gasteiger partial charge in [-0.25, -0.2) is 4.98 Å². The van der Waals surface area contributed by atoms with Crippen molar-refractivity contribution in [2.75, 3.05) is 0 Å². The van der Waals surface area contributed by atoms with Gasteiger partial charge >= 0.3 is 0 Å². The molecule has 0 aliphatic heterocycles. The Morgan fingerprint density at radius 1 is 1.21 bits per heavy atom. The molecule has 0 radical (unpaired) electrons. The largest absolute Gasteiger partial charge is 0.486 e. The highest BCUT2D eigenvalue weighted by atomic mass is 16.5. The first-order valence-electron chi connectivity index (χ1n) is 5.93. The highest BCUT2D eigenvalue weighted by Gasteiger charge is 2.03. The van der Waals surface area contributed by atoms with Crippen molar-refractivity contribution in [2.24, 2.45) is 7.05 Å². The summed E-state index contributed by atoms with van der Waals surface area (Å²) in [7, 11) is 1.94. The van der Waals surface area contributed by atoms with E-state index in [9.17, 15) is 0 Å². The van der Waals surface area contributed by atoms with Gasteiger partial charge in [0.1, 0.15) is 30.1 Å². The summed E-state index contributed by atoms with van der Waals surface area (Å²) in [6, 6.07) is 9.54. The molecule has 3 rings (SSSR count). The van der Waals surface area contributed by atoms with Crippen molar-refractivity contribution in [3.8, 4) is 17.0 Å². The number of benzene rings is 1. The van der Waals surface area contributed by atoms with Crippen molar-refractivity contribution >= 4 is 0 Å². The molecule has 0 spiro atoms. The molecule has 0 saturated heterocycles. The predicted octanol–water partition coefficient (Wildman–Crippen LogP) is 2.65. The summed E-state index contributed by atoms with van der Waals surface area (Å²) in [6.07, 6.45) is 5.21. The third kappa shape index (κ3) is 2.49. The van der Waals surface area contributed by atoms with Gasteiger partial charge in [0.25, 0.3) is 0 Å². The van der Waals surface area contributed by atoms with E-state index in [1.807, 2.05) is 48.1 Å². The fourth-order valence-electron chi connectivity index (χ4n) is 1.77. The van der Waals surface area contributed by atoms with Crippen molar-refractivity contribution in [3.05, 3.63) is 54.8 Å². The monoisotopic (exact) mass is 255 g/mol. The highest BCUT2D eigenvalue weighted by Crippen LogP contribution is 2.21. The first-order chi connectivity index (χ1) is 9.33. The van der Waals surface area contributed by atoms with E-state index in [0.717, 1.165) is 22.8 Å². The second-order valence-electron chi connectivity index (χ2n) is 4.15. The van der Waals surface area contributed by atoms with Crippen LogP contribution in [0.5, 0.6) is 5.75 Å². The van der Waals surface area contributed by atoms with Gasteiger partial charge in [-0.3, -0.25) is 0 Å². The quantitative estimate of drug-likeness (QED) is 0.719. The molecule has 2 heterocycles. The molecule has 0 atom stereocenters. The van der Waals surface area contributed by atoms with Crippen LogP contribution in [-0.4, -0.2) is 14.7 Å². The molecule has 0 N–H and O–H groups in total. The number of hydrogen-bond donors (Lipinski definition) is 0. The lowest BCUT2D eigenvalue weighted by Gasteiger charge is -2.06. The predicted molar refractivity (Wildman–Crippen MR) is 69.5 cm³/mol. The minimum atomic E-state index is 0.451. The van der Waals surface area contributed by atoms with Crippen LogP contribution in [0.4, 0.5) is 0 Å². The number of imidazole rings is 1. The molecule has 0 unspecified atom stereocenters. The number of nitrogens with zero attached hydrogens (tertiary/aromatic N) is 3. The number of rotatable bonds is 4. The Balaban J connectivity index is 1.68. The fraction of sp³-hybridized carbons (Fsp3) is 0.143. The molecule has 5 nitrogen and oxygen atoms in total. The zero-order valence-electron chi connectivity index (χ0n) is 10.5. The number of aromatic nitrogens is 3. The molecule has 0 aliphatic carbocycles. The van der Waals surface area contributed by atoms with Gasteiger partial charge in [0, 0.05) is 31.1 Å². The third-order valence-corrected chi connectivity index (χ3v) is 2.88. The number of ether oxygens (including phenoxy) is 1. The maximum atomic E-state index is 5.68. The average molecular weight is 255 g/mol. The molecule has 0 bridgehead atoms. The van der Waals surface area contributed by atoms with Crippen molar-refractivity contribution in [3.63, 3.8) is 0 Å². The molecular formula is C14H13N3O2. The zero-order chi connectivity index (χ0) is 13.1. The minimum absolute atomic E-state index is 0.451. The van der Waals surface area contributed by atoms with Crippen LogP contribution in [0.3, 0.4) is 0 Å². The first-order valence-corrected chi connectivity index (χ1v) is 5.93. The lowest BCUT2D eigenvalue weighted by atomic mass is 10.1. The Labute approximate surface area is 110 Å². The van der Waals surface area contributed by atoms with Crippen molar-refractivity contribution < 1.29 is 9.26 Å². The molecule has 5 heteroatoms. The van der Waals surface area contributed by atoms with E-state index in [2.05, 4.69) is 10.1 Å². The topological polar surface area (TPSA) is 53.1 Å². The summed E-state index contributed by atoms with van der Waals surface area (Å²) in [5, 5.41) is 3.89. The Kier molecular flexibility index (Phi) is 3.02. The Morgan fingerprint density at radius 2 is 2.05 bits per heavy atom. The molecular weight excluding hydrogens is 242 g/mol. The van der Waals surface area contributed by atoms with Gasteiger partial charge in [-0.1, -0.05) is 5.16 Å². The van der Waals surface area contributed by atoms with E-state index in [-0.39, 0.29) is 0 Å². The Hall–Kier alpha value is -2.56. The van der Waals surface area contributed by atoms with Crippen LogP contribution in [0, 0.1) is 0 Å². The van der Waals surface area contributed by atoms with Gasteiger partial charge in [-0.2, -0.15) is 0 Å². The standard InChI is InChI=1S/C14H13N3O2/c1-17-8-7-15-14(17)10-18-12-4-2-11(3-5-12)13-6-9-19-16-13/h2-9H,10H2,1H3. The molecule has 96 valence electrons. The van der Waals surface area contributed by atoms with E-state index >= 15 is 0 Å². The molecule has 0 fully saturated rings. The molecule has 0 saturated carbocycles. The second-order valence-corrected chi connectivity index (χ2v) is 4.15. The molecule has 3 aromatic rings. The summed E-state index contributed by atoms with van der Waals surface area (Å²) in [5.41, 5.74) is 1.81. The lowest BCUT2D eigenvalue weighted by Crippen LogP contribution is -2.02. The molecule has 0 aliphatic rings. The van der Waals surface area contributed by atoms with E-state index in [1.54, 1.807) is 12.5 Å². The first kappa shape index (κ1) is 11.5. The Bertz CT molecular complexity index is 642. The maximum Gasteiger partial charge on any atom is 0.146 e. The van der Waals surface area contributed by atoms with Gasteiger partial charge in [-0.15, -0.1) is 0 Å². The summed E-state index contributed by atoms with van der Waals surface area (Å²) >= 11 is 0. The summed E-state index contributed by atoms with van der Waals surface area (Å²) in [5.74, 6) is 1.69. The van der Waals surface area contributed by atoms with Gasteiger partial charge in [0.2, 0.25) is 0 Å². The maximum absolute atomic E-state index is 5.68. The van der Waals surface area contributed by atoms with E-state index in [1.165, 1.54) is 0 Å². The van der Waals surface area contributed by atoms with Crippen molar-refractivity contribution in [1.29, 1.82) is 0 Å². The van der Waals surface area contributed by atoms with E-state index in [0.29, 0.717) is 6.61 Å². The summed E-state index contributed by atoms with van der Waals surface area (Å²) in [4.78, 5) is 4.20. The molecule has 2 aromatic heterocycles. The highest BCUT2D eigenvalue weighted by molar-refractivity contribution is 5.58. The van der Waals surface area contributed by atoms with Crippen LogP contribution < -0.4 is 4.74 Å². The van der Waals surface area contributed by atoms with Crippen molar-refractivity contribution in [2.45, 2.75) is 6.61 Å². The SMILES string of the molecule is Cn1ccnc1COc1ccc(-c2ccon2)cc1. The van der Waals surface area contributed by atoms with Gasteiger partial charge in [-0.05, 0) is 24.3 Å². The minimum Gasteiger partial charge on any atom is -0.486 e. The average Bonchev–Trinajstić information content (AvgIpc) is 3.09. The van der Waals surface area contributed by atoms with Gasteiger partial charge < -0.3 is 13.8 Å². The smallest absolute Gasteiger partial charge is 0.146 e. The van der Waals surface area contributed by atoms with Gasteiger partial charge in [0.05, 0.1) is 0 Å².